The van der Waals surface area contributed by atoms with Crippen molar-refractivity contribution in [1.29, 1.82) is 0 Å². The van der Waals surface area contributed by atoms with E-state index in [1.165, 1.54) is 0 Å². The summed E-state index contributed by atoms with van der Waals surface area (Å²) in [6.45, 7) is 8.49. The number of carbonyl (C=O) groups is 1. The minimum Gasteiger partial charge on any atom is -0.493 e. The van der Waals surface area contributed by atoms with E-state index < -0.39 is 6.43 Å². The maximum Gasteiger partial charge on any atom is 0.317 e. The maximum absolute atomic E-state index is 12.6. The highest BCUT2D eigenvalue weighted by atomic mass is 19.3. The Balaban J connectivity index is 1.30. The van der Waals surface area contributed by atoms with E-state index in [1.807, 2.05) is 34.1 Å². The highest BCUT2D eigenvalue weighted by Crippen LogP contribution is 2.59. The van der Waals surface area contributed by atoms with Crippen molar-refractivity contribution >= 4 is 6.03 Å². The van der Waals surface area contributed by atoms with Crippen LogP contribution in [0.5, 0.6) is 5.75 Å². The third-order valence-electron chi connectivity index (χ3n) is 7.12. The molecule has 3 aliphatic rings. The second-order valence-electron chi connectivity index (χ2n) is 10.1. The Bertz CT molecular complexity index is 750. The van der Waals surface area contributed by atoms with Gasteiger partial charge >= 0.3 is 6.03 Å². The Morgan fingerprint density at radius 3 is 2.55 bits per heavy atom. The molecule has 1 aromatic carbocycles. The minimum atomic E-state index is -2.25. The number of rotatable bonds is 8. The predicted molar refractivity (Wildman–Crippen MR) is 116 cm³/mol. The quantitative estimate of drug-likeness (QED) is 0.665. The van der Waals surface area contributed by atoms with E-state index in [4.69, 9.17) is 4.74 Å². The van der Waals surface area contributed by atoms with Gasteiger partial charge in [-0.15, -0.1) is 0 Å². The van der Waals surface area contributed by atoms with Crippen LogP contribution >= 0.6 is 0 Å². The Labute approximate surface area is 184 Å². The van der Waals surface area contributed by atoms with Gasteiger partial charge in [-0.05, 0) is 67.8 Å². The van der Waals surface area contributed by atoms with Crippen LogP contribution in [0.1, 0.15) is 38.7 Å². The van der Waals surface area contributed by atoms with Crippen LogP contribution < -0.4 is 10.1 Å². The summed E-state index contributed by atoms with van der Waals surface area (Å²) < 4.78 is 31.0. The average molecular weight is 436 g/mol. The molecule has 172 valence electrons. The predicted octanol–water partition coefficient (Wildman–Crippen LogP) is 4.23. The lowest BCUT2D eigenvalue weighted by atomic mass is 9.86. The molecule has 2 amide bonds. The minimum absolute atomic E-state index is 0.00293. The lowest BCUT2D eigenvalue weighted by molar-refractivity contribution is 0.0627. The Kier molecular flexibility index (Phi) is 6.70. The van der Waals surface area contributed by atoms with Gasteiger partial charge in [0.05, 0.1) is 13.2 Å². The fourth-order valence-corrected chi connectivity index (χ4v) is 5.34. The van der Waals surface area contributed by atoms with E-state index in [0.717, 1.165) is 56.8 Å². The Morgan fingerprint density at radius 1 is 1.19 bits per heavy atom. The molecule has 0 radical (unpaired) electrons. The molecule has 2 saturated heterocycles. The summed E-state index contributed by atoms with van der Waals surface area (Å²) in [5.41, 5.74) is 1.26. The zero-order valence-corrected chi connectivity index (χ0v) is 18.7. The van der Waals surface area contributed by atoms with E-state index in [0.29, 0.717) is 30.9 Å². The summed E-state index contributed by atoms with van der Waals surface area (Å²) in [5, 5.41) is 3.11. The molecule has 1 saturated carbocycles. The molecule has 2 heterocycles. The molecular formula is C24H35F2N3O2. The second kappa shape index (κ2) is 9.31. The fourth-order valence-electron chi connectivity index (χ4n) is 5.34. The van der Waals surface area contributed by atoms with Crippen molar-refractivity contribution in [1.82, 2.24) is 15.1 Å². The average Bonchev–Trinajstić information content (AvgIpc) is 3.43. The zero-order chi connectivity index (χ0) is 22.0. The number of hydrogen-bond acceptors (Lipinski definition) is 3. The van der Waals surface area contributed by atoms with Crippen LogP contribution in [0, 0.1) is 23.2 Å². The number of urea groups is 1. The molecule has 1 spiro atoms. The van der Waals surface area contributed by atoms with Gasteiger partial charge in [-0.25, -0.2) is 13.6 Å². The molecule has 2 atom stereocenters. The van der Waals surface area contributed by atoms with Gasteiger partial charge in [0.1, 0.15) is 5.75 Å². The van der Waals surface area contributed by atoms with Crippen LogP contribution in [0.25, 0.3) is 0 Å². The van der Waals surface area contributed by atoms with Crippen LogP contribution in [0.2, 0.25) is 0 Å². The number of ether oxygens (including phenoxy) is 1. The van der Waals surface area contributed by atoms with Crippen LogP contribution in [-0.2, 0) is 6.54 Å². The summed E-state index contributed by atoms with van der Waals surface area (Å²) in [4.78, 5) is 16.3. The lowest BCUT2D eigenvalue weighted by Crippen LogP contribution is -2.52. The second-order valence-corrected chi connectivity index (χ2v) is 10.1. The number of halogens is 2. The lowest BCUT2D eigenvalue weighted by Gasteiger charge is -2.37. The van der Waals surface area contributed by atoms with Gasteiger partial charge < -0.3 is 15.0 Å². The molecule has 1 aromatic rings. The first-order valence-electron chi connectivity index (χ1n) is 11.6. The molecule has 7 heteroatoms. The molecule has 3 fully saturated rings. The third-order valence-corrected chi connectivity index (χ3v) is 7.12. The van der Waals surface area contributed by atoms with Crippen LogP contribution in [0.3, 0.4) is 0 Å². The van der Waals surface area contributed by atoms with Gasteiger partial charge in [0.15, 0.2) is 0 Å². The summed E-state index contributed by atoms with van der Waals surface area (Å²) in [6, 6.07) is 8.02. The highest BCUT2D eigenvalue weighted by molar-refractivity contribution is 5.75. The number of piperidine rings is 1. The Hall–Kier alpha value is -1.89. The highest BCUT2D eigenvalue weighted by Gasteiger charge is 2.59. The summed E-state index contributed by atoms with van der Waals surface area (Å²) >= 11 is 0. The number of nitrogens with zero attached hydrogens (tertiary/aromatic N) is 2. The van der Waals surface area contributed by atoms with Crippen molar-refractivity contribution < 1.29 is 18.3 Å². The van der Waals surface area contributed by atoms with Crippen LogP contribution in [0.15, 0.2) is 24.3 Å². The summed E-state index contributed by atoms with van der Waals surface area (Å²) in [6.07, 6.45) is 0.864. The Morgan fingerprint density at radius 2 is 1.90 bits per heavy atom. The van der Waals surface area contributed by atoms with E-state index in [1.54, 1.807) is 0 Å². The van der Waals surface area contributed by atoms with Crippen molar-refractivity contribution in [3.8, 4) is 5.75 Å². The van der Waals surface area contributed by atoms with Gasteiger partial charge in [0, 0.05) is 25.0 Å². The van der Waals surface area contributed by atoms with E-state index in [9.17, 15) is 13.6 Å². The molecule has 0 aromatic heterocycles. The third kappa shape index (κ3) is 5.48. The molecule has 1 N–H and O–H groups in total. The first-order valence-corrected chi connectivity index (χ1v) is 11.6. The van der Waals surface area contributed by atoms with Gasteiger partial charge in [-0.3, -0.25) is 4.90 Å². The number of hydrogen-bond donors (Lipinski definition) is 1. The molecule has 0 bridgehead atoms. The molecule has 31 heavy (non-hydrogen) atoms. The topological polar surface area (TPSA) is 44.8 Å². The number of alkyl halides is 2. The zero-order valence-electron chi connectivity index (χ0n) is 18.7. The first-order chi connectivity index (χ1) is 14.8. The van der Waals surface area contributed by atoms with Gasteiger partial charge in [-0.2, -0.15) is 0 Å². The van der Waals surface area contributed by atoms with E-state index in [2.05, 4.69) is 19.2 Å². The molecule has 1 aliphatic carbocycles. The number of likely N-dealkylation sites (tertiary alicyclic amines) is 1. The fraction of sp³-hybridized carbons (Fsp3) is 0.708. The van der Waals surface area contributed by atoms with Crippen molar-refractivity contribution in [3.05, 3.63) is 29.8 Å². The number of amides is 2. The van der Waals surface area contributed by atoms with Crippen molar-refractivity contribution in [2.75, 3.05) is 39.3 Å². The van der Waals surface area contributed by atoms with E-state index in [-0.39, 0.29) is 18.0 Å². The smallest absolute Gasteiger partial charge is 0.317 e. The summed E-state index contributed by atoms with van der Waals surface area (Å²) in [7, 11) is 0. The molecule has 4 rings (SSSR count). The molecule has 5 nitrogen and oxygen atoms in total. The SMILES string of the molecule is CC(C)COc1ccc(CN2CC3(CNC2=O)CC3C2CCN(CC(F)F)CC2)cc1. The standard InChI is InChI=1S/C24H35F2N3O2/c1-17(2)14-31-20-5-3-18(4-6-20)12-29-16-24(15-27-23(29)30)11-21(24)19-7-9-28(10-8-19)13-22(25)26/h3-6,17,19,21-22H,7-16H2,1-2H3,(H,27,30). The van der Waals surface area contributed by atoms with Gasteiger partial charge in [0.2, 0.25) is 0 Å². The van der Waals surface area contributed by atoms with Crippen molar-refractivity contribution in [2.24, 2.45) is 23.2 Å². The monoisotopic (exact) mass is 435 g/mol. The summed E-state index contributed by atoms with van der Waals surface area (Å²) in [5.74, 6) is 2.52. The normalized spacial score (nSPS) is 27.2. The van der Waals surface area contributed by atoms with Crippen LogP contribution in [-0.4, -0.2) is 61.6 Å². The molecular weight excluding hydrogens is 400 g/mol. The number of benzene rings is 1. The van der Waals surface area contributed by atoms with Gasteiger partial charge in [-0.1, -0.05) is 26.0 Å². The maximum atomic E-state index is 12.6. The first kappa shape index (κ1) is 22.3. The van der Waals surface area contributed by atoms with Crippen molar-refractivity contribution in [2.45, 2.75) is 46.1 Å². The largest absolute Gasteiger partial charge is 0.493 e. The van der Waals surface area contributed by atoms with Crippen LogP contribution in [0.4, 0.5) is 13.6 Å². The number of nitrogens with one attached hydrogen (secondary N) is 1. The van der Waals surface area contributed by atoms with E-state index >= 15 is 0 Å². The van der Waals surface area contributed by atoms with Gasteiger partial charge in [0.25, 0.3) is 6.43 Å². The van der Waals surface area contributed by atoms with Crippen molar-refractivity contribution in [3.63, 3.8) is 0 Å². The molecule has 2 unspecified atom stereocenters. The molecule has 2 aliphatic heterocycles. The number of carbonyl (C=O) groups excluding carboxylic acids is 1.